The summed E-state index contributed by atoms with van der Waals surface area (Å²) in [7, 11) is 0. The van der Waals surface area contributed by atoms with Crippen LogP contribution in [0.25, 0.3) is 0 Å². The average molecular weight is 397 g/mol. The van der Waals surface area contributed by atoms with Gasteiger partial charge in [-0.05, 0) is 19.1 Å². The molecule has 0 saturated carbocycles. The van der Waals surface area contributed by atoms with E-state index in [0.29, 0.717) is 11.1 Å². The second-order valence-corrected chi connectivity index (χ2v) is 6.17. The van der Waals surface area contributed by atoms with Crippen LogP contribution < -0.4 is 0 Å². The zero-order valence-electron chi connectivity index (χ0n) is 15.1. The normalized spacial score (nSPS) is 14.1. The molecule has 0 radical (unpaired) electrons. The van der Waals surface area contributed by atoms with Crippen LogP contribution in [0.2, 0.25) is 0 Å². The molecular weight excluding hydrogens is 376 g/mol. The minimum Gasteiger partial charge on any atom is -0.464 e. The van der Waals surface area contributed by atoms with Crippen LogP contribution in [0.5, 0.6) is 0 Å². The zero-order valence-corrected chi connectivity index (χ0v) is 15.9. The molecule has 1 aromatic carbocycles. The highest BCUT2D eigenvalue weighted by Gasteiger charge is 2.34. The number of amides is 3. The van der Waals surface area contributed by atoms with Gasteiger partial charge in [0, 0.05) is 31.7 Å². The molecule has 0 spiro atoms. The Bertz CT molecular complexity index is 703. The van der Waals surface area contributed by atoms with Crippen molar-refractivity contribution in [1.82, 2.24) is 9.32 Å². The third-order valence-electron chi connectivity index (χ3n) is 4.01. The van der Waals surface area contributed by atoms with Crippen molar-refractivity contribution in [2.24, 2.45) is 0 Å². The lowest BCUT2D eigenvalue weighted by molar-refractivity contribution is -0.151. The fraction of sp³-hybridized carbons (Fsp3) is 0.444. The van der Waals surface area contributed by atoms with Crippen LogP contribution in [0.3, 0.4) is 0 Å². The van der Waals surface area contributed by atoms with E-state index in [2.05, 4.69) is 0 Å². The first-order chi connectivity index (χ1) is 12.9. The van der Waals surface area contributed by atoms with E-state index in [0.717, 1.165) is 9.32 Å². The zero-order chi connectivity index (χ0) is 20.0. The minimum absolute atomic E-state index is 0.0910. The first kappa shape index (κ1) is 20.9. The van der Waals surface area contributed by atoms with Crippen LogP contribution in [-0.4, -0.2) is 65.4 Å². The van der Waals surface area contributed by atoms with Crippen LogP contribution in [0.15, 0.2) is 24.3 Å². The second kappa shape index (κ2) is 9.48. The summed E-state index contributed by atoms with van der Waals surface area (Å²) in [6.45, 7) is 3.35. The van der Waals surface area contributed by atoms with Crippen molar-refractivity contribution in [3.8, 4) is 0 Å². The molecule has 1 aliphatic heterocycles. The summed E-state index contributed by atoms with van der Waals surface area (Å²) in [5, 5.41) is 0. The molecule has 9 heteroatoms. The highest BCUT2D eigenvalue weighted by molar-refractivity contribution is 6.22. The molecule has 1 atom stereocenters. The molecule has 0 fully saturated rings. The summed E-state index contributed by atoms with van der Waals surface area (Å²) in [5.41, 5.74) is 0.758. The topological polar surface area (TPSA) is 93.2 Å². The SMILES string of the molecule is CCOC(=O)C(CCOCCN1C(=O)c2ccccc2C1=O)N(Cl)C(C)=O. The quantitative estimate of drug-likeness (QED) is 0.272. The van der Waals surface area contributed by atoms with Crippen molar-refractivity contribution < 1.29 is 28.7 Å². The summed E-state index contributed by atoms with van der Waals surface area (Å²) >= 11 is 5.85. The predicted molar refractivity (Wildman–Crippen MR) is 96.0 cm³/mol. The van der Waals surface area contributed by atoms with Gasteiger partial charge in [-0.15, -0.1) is 0 Å². The molecule has 1 heterocycles. The molecule has 1 aromatic rings. The molecule has 8 nitrogen and oxygen atoms in total. The fourth-order valence-electron chi connectivity index (χ4n) is 2.68. The van der Waals surface area contributed by atoms with Gasteiger partial charge in [0.25, 0.3) is 11.8 Å². The van der Waals surface area contributed by atoms with Gasteiger partial charge in [0.1, 0.15) is 6.04 Å². The number of hydrogen-bond acceptors (Lipinski definition) is 6. The third-order valence-corrected chi connectivity index (χ3v) is 4.48. The molecule has 2 rings (SSSR count). The molecule has 0 bridgehead atoms. The van der Waals surface area contributed by atoms with Gasteiger partial charge < -0.3 is 9.47 Å². The Morgan fingerprint density at radius 1 is 1.15 bits per heavy atom. The standard InChI is InChI=1S/C18H21ClN2O6/c1-3-27-18(25)15(21(19)12(2)22)8-10-26-11-9-20-16(23)13-6-4-5-7-14(13)17(20)24/h4-7,15H,3,8-11H2,1-2H3. The van der Waals surface area contributed by atoms with E-state index in [-0.39, 0.29) is 44.6 Å². The lowest BCUT2D eigenvalue weighted by atomic mass is 10.1. The van der Waals surface area contributed by atoms with E-state index < -0.39 is 17.9 Å². The van der Waals surface area contributed by atoms with Crippen molar-refractivity contribution in [1.29, 1.82) is 0 Å². The second-order valence-electron chi connectivity index (χ2n) is 5.81. The number of esters is 1. The van der Waals surface area contributed by atoms with Gasteiger partial charge in [-0.25, -0.2) is 9.21 Å². The van der Waals surface area contributed by atoms with Gasteiger partial charge in [-0.3, -0.25) is 19.3 Å². The molecule has 146 valence electrons. The van der Waals surface area contributed by atoms with Gasteiger partial charge in [0.15, 0.2) is 0 Å². The third kappa shape index (κ3) is 4.84. The van der Waals surface area contributed by atoms with Crippen LogP contribution in [0.4, 0.5) is 0 Å². The number of benzene rings is 1. The molecule has 3 amide bonds. The Kier molecular flexibility index (Phi) is 7.32. The number of hydrogen-bond donors (Lipinski definition) is 0. The first-order valence-corrected chi connectivity index (χ1v) is 8.87. The number of fused-ring (bicyclic) bond motifs is 1. The van der Waals surface area contributed by atoms with E-state index in [1.807, 2.05) is 0 Å². The molecule has 0 N–H and O–H groups in total. The lowest BCUT2D eigenvalue weighted by Crippen LogP contribution is -2.40. The van der Waals surface area contributed by atoms with Gasteiger partial charge in [0.05, 0.1) is 30.9 Å². The molecule has 1 unspecified atom stereocenters. The number of ether oxygens (including phenoxy) is 2. The number of imide groups is 1. The first-order valence-electron chi connectivity index (χ1n) is 8.53. The Balaban J connectivity index is 1.82. The maximum absolute atomic E-state index is 12.2. The number of halogens is 1. The number of nitrogens with zero attached hydrogens (tertiary/aromatic N) is 2. The molecular formula is C18H21ClN2O6. The lowest BCUT2D eigenvalue weighted by Gasteiger charge is -2.22. The summed E-state index contributed by atoms with van der Waals surface area (Å²) in [5.74, 6) is -1.81. The van der Waals surface area contributed by atoms with Crippen LogP contribution in [-0.2, 0) is 19.1 Å². The number of rotatable bonds is 9. The Hall–Kier alpha value is -2.45. The van der Waals surface area contributed by atoms with Crippen molar-refractivity contribution in [2.75, 3.05) is 26.4 Å². The largest absolute Gasteiger partial charge is 0.464 e. The molecule has 27 heavy (non-hydrogen) atoms. The summed E-state index contributed by atoms with van der Waals surface area (Å²) in [6.07, 6.45) is 0.129. The Morgan fingerprint density at radius 2 is 1.74 bits per heavy atom. The van der Waals surface area contributed by atoms with Gasteiger partial charge in [-0.1, -0.05) is 12.1 Å². The maximum Gasteiger partial charge on any atom is 0.330 e. The molecule has 0 aliphatic carbocycles. The minimum atomic E-state index is -0.969. The fourth-order valence-corrected chi connectivity index (χ4v) is 2.85. The van der Waals surface area contributed by atoms with Crippen molar-refractivity contribution in [3.05, 3.63) is 35.4 Å². The molecule has 1 aliphatic rings. The Labute approximate surface area is 162 Å². The Morgan fingerprint density at radius 3 is 2.26 bits per heavy atom. The highest BCUT2D eigenvalue weighted by Crippen LogP contribution is 2.22. The molecule has 0 saturated heterocycles. The number of carbonyl (C=O) groups is 4. The van der Waals surface area contributed by atoms with Gasteiger partial charge in [-0.2, -0.15) is 0 Å². The van der Waals surface area contributed by atoms with E-state index in [4.69, 9.17) is 21.3 Å². The summed E-state index contributed by atoms with van der Waals surface area (Å²) in [4.78, 5) is 48.9. The predicted octanol–water partition coefficient (Wildman–Crippen LogP) is 1.62. The van der Waals surface area contributed by atoms with Crippen LogP contribution >= 0.6 is 11.8 Å². The smallest absolute Gasteiger partial charge is 0.330 e. The summed E-state index contributed by atoms with van der Waals surface area (Å²) < 4.78 is 11.1. The molecule has 0 aromatic heterocycles. The van der Waals surface area contributed by atoms with E-state index >= 15 is 0 Å². The highest BCUT2D eigenvalue weighted by atomic mass is 35.5. The van der Waals surface area contributed by atoms with E-state index in [1.165, 1.54) is 6.92 Å². The van der Waals surface area contributed by atoms with Crippen molar-refractivity contribution in [3.63, 3.8) is 0 Å². The van der Waals surface area contributed by atoms with Crippen LogP contribution in [0, 0.1) is 0 Å². The van der Waals surface area contributed by atoms with Crippen LogP contribution in [0.1, 0.15) is 41.0 Å². The summed E-state index contributed by atoms with van der Waals surface area (Å²) in [6, 6.07) is 5.65. The van der Waals surface area contributed by atoms with Gasteiger partial charge in [0.2, 0.25) is 5.91 Å². The van der Waals surface area contributed by atoms with E-state index in [9.17, 15) is 19.2 Å². The van der Waals surface area contributed by atoms with Gasteiger partial charge >= 0.3 is 5.97 Å². The average Bonchev–Trinajstić information content (AvgIpc) is 2.89. The van der Waals surface area contributed by atoms with Crippen molar-refractivity contribution in [2.45, 2.75) is 26.3 Å². The van der Waals surface area contributed by atoms with Crippen molar-refractivity contribution >= 4 is 35.5 Å². The monoisotopic (exact) mass is 396 g/mol. The number of carbonyl (C=O) groups excluding carboxylic acids is 4. The maximum atomic E-state index is 12.2. The van der Waals surface area contributed by atoms with E-state index in [1.54, 1.807) is 31.2 Å².